The summed E-state index contributed by atoms with van der Waals surface area (Å²) >= 11 is 5.72. The Kier molecular flexibility index (Phi) is 3.77. The highest BCUT2D eigenvalue weighted by atomic mass is 35.5. The number of nitrogens with one attached hydrogen (secondary N) is 1. The van der Waals surface area contributed by atoms with Crippen molar-refractivity contribution in [1.29, 1.82) is 0 Å². The molecule has 0 bridgehead atoms. The van der Waals surface area contributed by atoms with E-state index in [0.29, 0.717) is 5.02 Å². The van der Waals surface area contributed by atoms with Gasteiger partial charge in [-0.3, -0.25) is 4.79 Å². The van der Waals surface area contributed by atoms with Gasteiger partial charge in [-0.05, 0) is 60.7 Å². The number of rotatable bonds is 3. The Morgan fingerprint density at radius 2 is 2.00 bits per heavy atom. The van der Waals surface area contributed by atoms with Crippen molar-refractivity contribution in [2.45, 2.75) is 25.7 Å². The van der Waals surface area contributed by atoms with Crippen LogP contribution in [-0.4, -0.2) is 5.91 Å². The van der Waals surface area contributed by atoms with Gasteiger partial charge in [-0.1, -0.05) is 11.6 Å². The Morgan fingerprint density at radius 3 is 2.79 bits per heavy atom. The first-order valence-corrected chi connectivity index (χ1v) is 8.25. The third kappa shape index (κ3) is 2.78. The van der Waals surface area contributed by atoms with Gasteiger partial charge in [-0.25, -0.2) is 4.39 Å². The summed E-state index contributed by atoms with van der Waals surface area (Å²) in [5.74, 6) is -0.842. The van der Waals surface area contributed by atoms with E-state index in [1.165, 1.54) is 29.3 Å². The molecule has 1 heterocycles. The van der Waals surface area contributed by atoms with Gasteiger partial charge in [0, 0.05) is 16.0 Å². The number of furan rings is 1. The van der Waals surface area contributed by atoms with Crippen LogP contribution in [0.1, 0.15) is 23.1 Å². The molecular formula is C19H15ClFNO2. The molecule has 4 rings (SSSR count). The lowest BCUT2D eigenvalue weighted by Crippen LogP contribution is -2.15. The van der Waals surface area contributed by atoms with Crippen LogP contribution in [0.25, 0.3) is 11.0 Å². The summed E-state index contributed by atoms with van der Waals surface area (Å²) in [5.41, 5.74) is 4.39. The fraction of sp³-hybridized carbons (Fsp3) is 0.211. The summed E-state index contributed by atoms with van der Waals surface area (Å²) in [7, 11) is 0. The second kappa shape index (κ2) is 5.95. The molecule has 3 nitrogen and oxygen atoms in total. The minimum Gasteiger partial charge on any atom is -0.464 e. The lowest BCUT2D eigenvalue weighted by atomic mass is 10.0. The van der Waals surface area contributed by atoms with Gasteiger partial charge in [0.25, 0.3) is 0 Å². The molecule has 2 aromatic carbocycles. The Labute approximate surface area is 143 Å². The first kappa shape index (κ1) is 15.2. The maximum Gasteiger partial charge on any atom is 0.229 e. The maximum absolute atomic E-state index is 13.8. The molecule has 0 saturated heterocycles. The number of hydrogen-bond donors (Lipinski definition) is 1. The summed E-state index contributed by atoms with van der Waals surface area (Å²) in [4.78, 5) is 12.2. The average Bonchev–Trinajstić information content (AvgIpc) is 3.15. The first-order chi connectivity index (χ1) is 11.6. The molecule has 1 N–H and O–H groups in total. The molecule has 1 amide bonds. The molecule has 1 aliphatic rings. The zero-order valence-electron chi connectivity index (χ0n) is 12.9. The van der Waals surface area contributed by atoms with Crippen molar-refractivity contribution in [1.82, 2.24) is 0 Å². The van der Waals surface area contributed by atoms with Crippen LogP contribution in [0.3, 0.4) is 0 Å². The molecule has 0 saturated carbocycles. The van der Waals surface area contributed by atoms with Crippen molar-refractivity contribution >= 4 is 34.2 Å². The van der Waals surface area contributed by atoms with Gasteiger partial charge in [0.05, 0.1) is 18.4 Å². The summed E-state index contributed by atoms with van der Waals surface area (Å²) in [5, 5.41) is 3.83. The van der Waals surface area contributed by atoms with Crippen molar-refractivity contribution in [3.05, 3.63) is 64.1 Å². The number of carbonyl (C=O) groups excluding carboxylic acids is 1. The van der Waals surface area contributed by atoms with E-state index in [-0.39, 0.29) is 18.0 Å². The summed E-state index contributed by atoms with van der Waals surface area (Å²) < 4.78 is 19.4. The number of halogens is 2. The molecule has 0 fully saturated rings. The van der Waals surface area contributed by atoms with Gasteiger partial charge in [0.15, 0.2) is 0 Å². The smallest absolute Gasteiger partial charge is 0.229 e. The van der Waals surface area contributed by atoms with Gasteiger partial charge < -0.3 is 9.73 Å². The van der Waals surface area contributed by atoms with Crippen LogP contribution in [0.4, 0.5) is 10.1 Å². The predicted octanol–water partition coefficient (Wildman–Crippen LogP) is 4.90. The van der Waals surface area contributed by atoms with Gasteiger partial charge in [-0.15, -0.1) is 0 Å². The quantitative estimate of drug-likeness (QED) is 0.735. The van der Waals surface area contributed by atoms with Crippen LogP contribution >= 0.6 is 11.6 Å². The minimum absolute atomic E-state index is 0.123. The van der Waals surface area contributed by atoms with Crippen molar-refractivity contribution in [2.24, 2.45) is 0 Å². The predicted molar refractivity (Wildman–Crippen MR) is 92.0 cm³/mol. The standard InChI is InChI=1S/C19H15ClFNO2/c20-14-4-5-17(16(21)9-14)22-19(23)8-13-10-24-18-7-12-3-1-2-11(12)6-15(13)18/h4-7,9-10H,1-3,8H2,(H,22,23). The Morgan fingerprint density at radius 1 is 1.21 bits per heavy atom. The molecular weight excluding hydrogens is 329 g/mol. The fourth-order valence-electron chi connectivity index (χ4n) is 3.24. The number of aryl methyl sites for hydroxylation is 2. The van der Waals surface area contributed by atoms with E-state index in [4.69, 9.17) is 16.0 Å². The van der Waals surface area contributed by atoms with Crippen molar-refractivity contribution < 1.29 is 13.6 Å². The second-order valence-corrected chi connectivity index (χ2v) is 6.52. The van der Waals surface area contributed by atoms with Crippen LogP contribution in [0.15, 0.2) is 41.0 Å². The number of anilines is 1. The Balaban J connectivity index is 1.56. The molecule has 24 heavy (non-hydrogen) atoms. The van der Waals surface area contributed by atoms with Crippen LogP contribution < -0.4 is 5.32 Å². The summed E-state index contributed by atoms with van der Waals surface area (Å²) in [6.07, 6.45) is 5.05. The SMILES string of the molecule is O=C(Cc1coc2cc3c(cc12)CCC3)Nc1ccc(Cl)cc1F. The zero-order valence-corrected chi connectivity index (χ0v) is 13.6. The molecule has 5 heteroatoms. The Bertz CT molecular complexity index is 948. The highest BCUT2D eigenvalue weighted by molar-refractivity contribution is 6.30. The van der Waals surface area contributed by atoms with Gasteiger partial charge in [0.2, 0.25) is 5.91 Å². The topological polar surface area (TPSA) is 42.2 Å². The van der Waals surface area contributed by atoms with Gasteiger partial charge in [0.1, 0.15) is 11.4 Å². The van der Waals surface area contributed by atoms with E-state index in [1.54, 1.807) is 6.26 Å². The van der Waals surface area contributed by atoms with Crippen LogP contribution in [0.5, 0.6) is 0 Å². The van der Waals surface area contributed by atoms with E-state index in [0.717, 1.165) is 35.8 Å². The van der Waals surface area contributed by atoms with E-state index in [9.17, 15) is 9.18 Å². The molecule has 1 aromatic heterocycles. The molecule has 122 valence electrons. The number of benzene rings is 2. The third-order valence-electron chi connectivity index (χ3n) is 4.42. The normalized spacial score (nSPS) is 13.2. The summed E-state index contributed by atoms with van der Waals surface area (Å²) in [6, 6.07) is 8.35. The average molecular weight is 344 g/mol. The second-order valence-electron chi connectivity index (χ2n) is 6.08. The Hall–Kier alpha value is -2.33. The molecule has 3 aromatic rings. The number of fused-ring (bicyclic) bond motifs is 2. The number of hydrogen-bond acceptors (Lipinski definition) is 2. The van der Waals surface area contributed by atoms with Crippen LogP contribution in [0.2, 0.25) is 5.02 Å². The lowest BCUT2D eigenvalue weighted by Gasteiger charge is -2.06. The molecule has 0 atom stereocenters. The maximum atomic E-state index is 13.8. The molecule has 0 unspecified atom stereocenters. The van der Waals surface area contributed by atoms with Gasteiger partial charge in [-0.2, -0.15) is 0 Å². The van der Waals surface area contributed by atoms with Crippen LogP contribution in [-0.2, 0) is 24.1 Å². The third-order valence-corrected chi connectivity index (χ3v) is 4.66. The van der Waals surface area contributed by atoms with E-state index >= 15 is 0 Å². The van der Waals surface area contributed by atoms with E-state index < -0.39 is 5.82 Å². The van der Waals surface area contributed by atoms with Crippen LogP contribution in [0, 0.1) is 5.82 Å². The molecule has 0 spiro atoms. The zero-order chi connectivity index (χ0) is 16.7. The highest BCUT2D eigenvalue weighted by Gasteiger charge is 2.17. The van der Waals surface area contributed by atoms with Gasteiger partial charge >= 0.3 is 0 Å². The molecule has 1 aliphatic carbocycles. The lowest BCUT2D eigenvalue weighted by molar-refractivity contribution is -0.115. The van der Waals surface area contributed by atoms with E-state index in [1.807, 2.05) is 0 Å². The van der Waals surface area contributed by atoms with Crippen molar-refractivity contribution in [3.63, 3.8) is 0 Å². The van der Waals surface area contributed by atoms with E-state index in [2.05, 4.69) is 17.4 Å². The number of amides is 1. The van der Waals surface area contributed by atoms with Crippen molar-refractivity contribution in [3.8, 4) is 0 Å². The largest absolute Gasteiger partial charge is 0.464 e. The highest BCUT2D eigenvalue weighted by Crippen LogP contribution is 2.30. The monoisotopic (exact) mass is 343 g/mol. The molecule has 0 radical (unpaired) electrons. The van der Waals surface area contributed by atoms with Crippen molar-refractivity contribution in [2.75, 3.05) is 5.32 Å². The first-order valence-electron chi connectivity index (χ1n) is 7.87. The summed E-state index contributed by atoms with van der Waals surface area (Å²) in [6.45, 7) is 0. The molecule has 0 aliphatic heterocycles. The number of carbonyl (C=O) groups is 1. The fourth-order valence-corrected chi connectivity index (χ4v) is 3.40. The minimum atomic E-state index is -0.550.